The first kappa shape index (κ1) is 20.3. The lowest BCUT2D eigenvalue weighted by atomic mass is 9.99. The maximum absolute atomic E-state index is 12.6. The number of carbonyl (C=O) groups is 1. The van der Waals surface area contributed by atoms with Crippen molar-refractivity contribution < 1.29 is 9.90 Å². The second kappa shape index (κ2) is 8.85. The highest BCUT2D eigenvalue weighted by Crippen LogP contribution is 2.37. The average molecular weight is 418 g/mol. The zero-order valence-electron chi connectivity index (χ0n) is 18.0. The molecule has 3 aliphatic rings. The van der Waals surface area contributed by atoms with Crippen LogP contribution in [-0.2, 0) is 6.42 Å². The third-order valence-electron chi connectivity index (χ3n) is 6.97. The molecule has 5 nitrogen and oxygen atoms in total. The van der Waals surface area contributed by atoms with E-state index >= 15 is 0 Å². The van der Waals surface area contributed by atoms with Crippen molar-refractivity contribution in [2.45, 2.75) is 31.3 Å². The highest BCUT2D eigenvalue weighted by molar-refractivity contribution is 5.77. The third kappa shape index (κ3) is 4.39. The number of benzene rings is 2. The highest BCUT2D eigenvalue weighted by atomic mass is 16.3. The largest absolute Gasteiger partial charge is 0.390 e. The molecule has 2 aromatic carbocycles. The van der Waals surface area contributed by atoms with Gasteiger partial charge in [-0.25, -0.2) is 4.79 Å². The SMILES string of the molecule is O=C(NCC(O)CN1CCC2=C(Cc3ccccc32)C1)N1CCC(c2ccccc2)C1. The predicted molar refractivity (Wildman–Crippen MR) is 123 cm³/mol. The van der Waals surface area contributed by atoms with E-state index in [1.807, 2.05) is 11.0 Å². The molecule has 5 rings (SSSR count). The average Bonchev–Trinajstić information content (AvgIpc) is 3.43. The van der Waals surface area contributed by atoms with E-state index < -0.39 is 6.10 Å². The standard InChI is InChI=1S/C26H31N3O2/c30-23(15-27-26(31)29-13-10-21(17-29)19-6-2-1-3-7-19)18-28-12-11-25-22(16-28)14-20-8-4-5-9-24(20)25/h1-9,21,23,30H,10-18H2,(H,27,31). The summed E-state index contributed by atoms with van der Waals surface area (Å²) in [7, 11) is 0. The topological polar surface area (TPSA) is 55.8 Å². The van der Waals surface area contributed by atoms with Gasteiger partial charge in [0.2, 0.25) is 0 Å². The Morgan fingerprint density at radius 1 is 1.10 bits per heavy atom. The summed E-state index contributed by atoms with van der Waals surface area (Å²) in [5.41, 5.74) is 7.15. The maximum atomic E-state index is 12.6. The summed E-state index contributed by atoms with van der Waals surface area (Å²) < 4.78 is 0. The molecule has 5 heteroatoms. The smallest absolute Gasteiger partial charge is 0.317 e. The van der Waals surface area contributed by atoms with Crippen molar-refractivity contribution in [2.24, 2.45) is 0 Å². The predicted octanol–water partition coefficient (Wildman–Crippen LogP) is 3.26. The molecule has 2 aromatic rings. The lowest BCUT2D eigenvalue weighted by Gasteiger charge is -2.30. The van der Waals surface area contributed by atoms with Crippen LogP contribution in [0.1, 0.15) is 35.4 Å². The van der Waals surface area contributed by atoms with Crippen LogP contribution in [0, 0.1) is 0 Å². The number of aliphatic hydroxyl groups is 1. The number of nitrogens with one attached hydrogen (secondary N) is 1. The number of fused-ring (bicyclic) bond motifs is 2. The number of carbonyl (C=O) groups excluding carboxylic acids is 1. The minimum absolute atomic E-state index is 0.0626. The molecule has 0 aromatic heterocycles. The Morgan fingerprint density at radius 2 is 1.90 bits per heavy atom. The lowest BCUT2D eigenvalue weighted by Crippen LogP contribution is -2.45. The second-order valence-corrected chi connectivity index (χ2v) is 9.08. The van der Waals surface area contributed by atoms with Crippen LogP contribution in [0.4, 0.5) is 4.79 Å². The maximum Gasteiger partial charge on any atom is 0.317 e. The van der Waals surface area contributed by atoms with Crippen molar-refractivity contribution in [2.75, 3.05) is 39.3 Å². The molecule has 1 aliphatic carbocycles. The Kier molecular flexibility index (Phi) is 5.79. The number of amides is 2. The number of aliphatic hydroxyl groups excluding tert-OH is 1. The van der Waals surface area contributed by atoms with Crippen LogP contribution < -0.4 is 5.32 Å². The normalized spacial score (nSPS) is 21.7. The van der Waals surface area contributed by atoms with E-state index in [1.165, 1.54) is 27.8 Å². The molecule has 2 heterocycles. The van der Waals surface area contributed by atoms with E-state index in [0.717, 1.165) is 45.4 Å². The zero-order valence-corrected chi connectivity index (χ0v) is 18.0. The van der Waals surface area contributed by atoms with Crippen LogP contribution in [-0.4, -0.2) is 66.3 Å². The van der Waals surface area contributed by atoms with E-state index in [1.54, 1.807) is 0 Å². The van der Waals surface area contributed by atoms with Gasteiger partial charge in [-0.1, -0.05) is 54.6 Å². The summed E-state index contributed by atoms with van der Waals surface area (Å²) in [6, 6.07) is 19.0. The number of hydrogen-bond acceptors (Lipinski definition) is 3. The first-order valence-electron chi connectivity index (χ1n) is 11.4. The van der Waals surface area contributed by atoms with Crippen molar-refractivity contribution in [1.82, 2.24) is 15.1 Å². The van der Waals surface area contributed by atoms with Gasteiger partial charge in [-0.3, -0.25) is 4.90 Å². The first-order valence-corrected chi connectivity index (χ1v) is 11.4. The molecular formula is C26H31N3O2. The highest BCUT2D eigenvalue weighted by Gasteiger charge is 2.29. The van der Waals surface area contributed by atoms with Gasteiger partial charge >= 0.3 is 6.03 Å². The van der Waals surface area contributed by atoms with Crippen LogP contribution in [0.5, 0.6) is 0 Å². The van der Waals surface area contributed by atoms with Gasteiger partial charge in [0.15, 0.2) is 0 Å². The van der Waals surface area contributed by atoms with Gasteiger partial charge in [-0.15, -0.1) is 0 Å². The molecule has 2 atom stereocenters. The monoisotopic (exact) mass is 417 g/mol. The summed E-state index contributed by atoms with van der Waals surface area (Å²) in [6.45, 7) is 4.29. The molecule has 31 heavy (non-hydrogen) atoms. The van der Waals surface area contributed by atoms with Crippen molar-refractivity contribution in [3.8, 4) is 0 Å². The lowest BCUT2D eigenvalue weighted by molar-refractivity contribution is 0.114. The molecule has 0 spiro atoms. The van der Waals surface area contributed by atoms with Crippen molar-refractivity contribution >= 4 is 11.6 Å². The van der Waals surface area contributed by atoms with Gasteiger partial charge in [-0.05, 0) is 47.1 Å². The number of nitrogens with zero attached hydrogens (tertiary/aromatic N) is 2. The van der Waals surface area contributed by atoms with Crippen molar-refractivity contribution in [3.63, 3.8) is 0 Å². The van der Waals surface area contributed by atoms with E-state index in [4.69, 9.17) is 0 Å². The molecular weight excluding hydrogens is 386 g/mol. The van der Waals surface area contributed by atoms with Gasteiger partial charge in [0.05, 0.1) is 6.10 Å². The molecule has 162 valence electrons. The molecule has 2 N–H and O–H groups in total. The van der Waals surface area contributed by atoms with E-state index in [9.17, 15) is 9.90 Å². The number of rotatable bonds is 5. The third-order valence-corrected chi connectivity index (χ3v) is 6.97. The molecule has 1 saturated heterocycles. The quantitative estimate of drug-likeness (QED) is 0.785. The summed E-state index contributed by atoms with van der Waals surface area (Å²) in [5.74, 6) is 0.406. The minimum atomic E-state index is -0.553. The Bertz CT molecular complexity index is 972. The summed E-state index contributed by atoms with van der Waals surface area (Å²) >= 11 is 0. The van der Waals surface area contributed by atoms with Crippen LogP contribution in [0.2, 0.25) is 0 Å². The number of urea groups is 1. The molecule has 2 unspecified atom stereocenters. The van der Waals surface area contributed by atoms with Crippen molar-refractivity contribution in [1.29, 1.82) is 0 Å². The van der Waals surface area contributed by atoms with Crippen LogP contribution >= 0.6 is 0 Å². The summed E-state index contributed by atoms with van der Waals surface area (Å²) in [6.07, 6.45) is 2.52. The summed E-state index contributed by atoms with van der Waals surface area (Å²) in [4.78, 5) is 16.8. The Morgan fingerprint density at radius 3 is 2.77 bits per heavy atom. The number of β-amino-alcohol motifs (C(OH)–C–C–N with tert-alkyl or cyclic N) is 1. The molecule has 0 bridgehead atoms. The van der Waals surface area contributed by atoms with Crippen LogP contribution in [0.25, 0.3) is 5.57 Å². The fourth-order valence-corrected chi connectivity index (χ4v) is 5.35. The van der Waals surface area contributed by atoms with Gasteiger partial charge in [-0.2, -0.15) is 0 Å². The van der Waals surface area contributed by atoms with E-state index in [-0.39, 0.29) is 6.03 Å². The Hall–Kier alpha value is -2.63. The molecule has 0 radical (unpaired) electrons. The molecule has 1 fully saturated rings. The Balaban J connectivity index is 1.08. The molecule has 0 saturated carbocycles. The number of hydrogen-bond donors (Lipinski definition) is 2. The van der Waals surface area contributed by atoms with Gasteiger partial charge in [0.1, 0.15) is 0 Å². The Labute approximate surface area is 184 Å². The van der Waals surface area contributed by atoms with Gasteiger partial charge in [0, 0.05) is 45.2 Å². The zero-order chi connectivity index (χ0) is 21.2. The molecule has 2 amide bonds. The fourth-order valence-electron chi connectivity index (χ4n) is 5.35. The van der Waals surface area contributed by atoms with E-state index in [0.29, 0.717) is 19.0 Å². The minimum Gasteiger partial charge on any atom is -0.390 e. The van der Waals surface area contributed by atoms with Crippen molar-refractivity contribution in [3.05, 3.63) is 76.9 Å². The number of likely N-dealkylation sites (tertiary alicyclic amines) is 1. The van der Waals surface area contributed by atoms with Gasteiger partial charge in [0.25, 0.3) is 0 Å². The van der Waals surface area contributed by atoms with Crippen LogP contribution in [0.15, 0.2) is 60.2 Å². The second-order valence-electron chi connectivity index (χ2n) is 9.08. The fraction of sp³-hybridized carbons (Fsp3) is 0.423. The van der Waals surface area contributed by atoms with E-state index in [2.05, 4.69) is 58.7 Å². The van der Waals surface area contributed by atoms with Crippen LogP contribution in [0.3, 0.4) is 0 Å². The first-order chi connectivity index (χ1) is 15.2. The van der Waals surface area contributed by atoms with Gasteiger partial charge < -0.3 is 15.3 Å². The molecule has 2 aliphatic heterocycles. The summed E-state index contributed by atoms with van der Waals surface area (Å²) in [5, 5.41) is 13.5.